The number of halogens is 1. The van der Waals surface area contributed by atoms with Crippen LogP contribution < -0.4 is 5.32 Å². The lowest BCUT2D eigenvalue weighted by Gasteiger charge is -2.07. The molecule has 0 aliphatic rings. The molecule has 0 aliphatic heterocycles. The molecule has 0 aliphatic carbocycles. The molecular formula is C14H11FN6S. The Morgan fingerprint density at radius 2 is 2.14 bits per heavy atom. The average molecular weight is 314 g/mol. The van der Waals surface area contributed by atoms with Crippen LogP contribution >= 0.6 is 11.3 Å². The minimum atomic E-state index is -0.299. The van der Waals surface area contributed by atoms with E-state index in [1.54, 1.807) is 12.4 Å². The number of fused-ring (bicyclic) bond motifs is 2. The van der Waals surface area contributed by atoms with Crippen LogP contribution in [-0.2, 0) is 6.54 Å². The molecule has 0 radical (unpaired) electrons. The zero-order valence-corrected chi connectivity index (χ0v) is 12.4. The average Bonchev–Trinajstić information content (AvgIpc) is 3.11. The molecule has 4 aromatic rings. The third kappa shape index (κ3) is 2.08. The molecule has 0 saturated heterocycles. The van der Waals surface area contributed by atoms with E-state index in [4.69, 9.17) is 0 Å². The lowest BCUT2D eigenvalue weighted by atomic mass is 10.1. The number of thiazole rings is 1. The van der Waals surface area contributed by atoms with Crippen molar-refractivity contribution in [2.45, 2.75) is 13.5 Å². The van der Waals surface area contributed by atoms with Gasteiger partial charge in [-0.15, -0.1) is 0 Å². The van der Waals surface area contributed by atoms with E-state index in [1.807, 2.05) is 6.92 Å². The summed E-state index contributed by atoms with van der Waals surface area (Å²) in [6.45, 7) is 2.19. The third-order valence-corrected chi connectivity index (χ3v) is 4.25. The highest BCUT2D eigenvalue weighted by Crippen LogP contribution is 2.25. The second kappa shape index (κ2) is 4.99. The molecule has 110 valence electrons. The van der Waals surface area contributed by atoms with Gasteiger partial charge in [0.25, 0.3) is 0 Å². The second-order valence-electron chi connectivity index (χ2n) is 4.79. The Kier molecular flexibility index (Phi) is 2.97. The summed E-state index contributed by atoms with van der Waals surface area (Å²) < 4.78 is 14.1. The molecule has 3 heterocycles. The van der Waals surface area contributed by atoms with Gasteiger partial charge in [-0.05, 0) is 19.1 Å². The number of aromatic amines is 1. The lowest BCUT2D eigenvalue weighted by Crippen LogP contribution is -2.05. The number of aromatic nitrogens is 5. The second-order valence-corrected chi connectivity index (χ2v) is 5.97. The summed E-state index contributed by atoms with van der Waals surface area (Å²) in [7, 11) is 0. The Morgan fingerprint density at radius 1 is 1.23 bits per heavy atom. The predicted molar refractivity (Wildman–Crippen MR) is 83.3 cm³/mol. The summed E-state index contributed by atoms with van der Waals surface area (Å²) in [6.07, 6.45) is 3.04. The quantitative estimate of drug-likeness (QED) is 0.607. The highest BCUT2D eigenvalue weighted by atomic mass is 32.1. The van der Waals surface area contributed by atoms with Gasteiger partial charge in [0.15, 0.2) is 5.82 Å². The summed E-state index contributed by atoms with van der Waals surface area (Å²) >= 11 is 1.50. The van der Waals surface area contributed by atoms with Crippen LogP contribution in [0, 0.1) is 12.7 Å². The smallest absolute Gasteiger partial charge is 0.157 e. The van der Waals surface area contributed by atoms with Crippen molar-refractivity contribution in [3.8, 4) is 0 Å². The number of hydrogen-bond acceptors (Lipinski definition) is 6. The van der Waals surface area contributed by atoms with Crippen molar-refractivity contribution in [1.82, 2.24) is 24.9 Å². The minimum Gasteiger partial charge on any atom is -0.364 e. The first-order chi connectivity index (χ1) is 10.7. The predicted octanol–water partition coefficient (Wildman–Crippen LogP) is 3.02. The van der Waals surface area contributed by atoms with Crippen LogP contribution in [0.4, 0.5) is 10.2 Å². The van der Waals surface area contributed by atoms with Gasteiger partial charge in [0.2, 0.25) is 0 Å². The maximum atomic E-state index is 14.1. The molecule has 8 heteroatoms. The van der Waals surface area contributed by atoms with Gasteiger partial charge in [-0.2, -0.15) is 0 Å². The van der Waals surface area contributed by atoms with Gasteiger partial charge < -0.3 is 10.3 Å². The molecule has 2 N–H and O–H groups in total. The normalized spacial score (nSPS) is 11.4. The fourth-order valence-electron chi connectivity index (χ4n) is 2.37. The van der Waals surface area contributed by atoms with E-state index in [-0.39, 0.29) is 12.4 Å². The van der Waals surface area contributed by atoms with Crippen molar-refractivity contribution in [3.63, 3.8) is 0 Å². The van der Waals surface area contributed by atoms with Gasteiger partial charge in [-0.25, -0.2) is 24.3 Å². The van der Waals surface area contributed by atoms with E-state index >= 15 is 0 Å². The number of hydrogen-bond donors (Lipinski definition) is 2. The molecule has 0 fully saturated rings. The highest BCUT2D eigenvalue weighted by Gasteiger charge is 2.12. The summed E-state index contributed by atoms with van der Waals surface area (Å²) in [5.74, 6) is 0.299. The van der Waals surface area contributed by atoms with Crippen molar-refractivity contribution in [3.05, 3.63) is 41.2 Å². The molecule has 0 bridgehead atoms. The zero-order valence-electron chi connectivity index (χ0n) is 11.6. The first-order valence-corrected chi connectivity index (χ1v) is 7.46. The molecule has 0 unspecified atom stereocenters. The number of rotatable bonds is 3. The molecule has 0 spiro atoms. The lowest BCUT2D eigenvalue weighted by molar-refractivity contribution is 0.615. The van der Waals surface area contributed by atoms with Gasteiger partial charge >= 0.3 is 0 Å². The summed E-state index contributed by atoms with van der Waals surface area (Å²) in [5.41, 5.74) is 2.62. The van der Waals surface area contributed by atoms with Crippen molar-refractivity contribution < 1.29 is 4.39 Å². The summed E-state index contributed by atoms with van der Waals surface area (Å²) in [4.78, 5) is 20.8. The topological polar surface area (TPSA) is 79.4 Å². The first-order valence-electron chi connectivity index (χ1n) is 6.65. The van der Waals surface area contributed by atoms with Crippen LogP contribution in [0.3, 0.4) is 0 Å². The van der Waals surface area contributed by atoms with Crippen LogP contribution in [0.5, 0.6) is 0 Å². The zero-order chi connectivity index (χ0) is 15.1. The molecule has 6 nitrogen and oxygen atoms in total. The maximum absolute atomic E-state index is 14.1. The van der Waals surface area contributed by atoms with E-state index in [9.17, 15) is 4.39 Å². The highest BCUT2D eigenvalue weighted by molar-refractivity contribution is 7.18. The van der Waals surface area contributed by atoms with Crippen molar-refractivity contribution in [1.29, 1.82) is 0 Å². The van der Waals surface area contributed by atoms with Crippen LogP contribution in [0.25, 0.3) is 21.4 Å². The van der Waals surface area contributed by atoms with Crippen LogP contribution in [0.1, 0.15) is 10.6 Å². The molecule has 3 aromatic heterocycles. The van der Waals surface area contributed by atoms with E-state index < -0.39 is 0 Å². The number of nitrogens with one attached hydrogen (secondary N) is 2. The monoisotopic (exact) mass is 314 g/mol. The molecule has 0 saturated carbocycles. The SMILES string of the molecule is Cc1nc2c(NCc3c(F)ccc4[nH]cnc34)ncnc2s1. The number of aryl methyl sites for hydroxylation is 1. The Hall–Kier alpha value is -2.61. The number of benzene rings is 1. The van der Waals surface area contributed by atoms with Gasteiger partial charge in [-0.3, -0.25) is 0 Å². The molecule has 1 aromatic carbocycles. The summed E-state index contributed by atoms with van der Waals surface area (Å²) in [6, 6.07) is 3.11. The Labute approximate surface area is 128 Å². The summed E-state index contributed by atoms with van der Waals surface area (Å²) in [5, 5.41) is 4.06. The van der Waals surface area contributed by atoms with Gasteiger partial charge in [0, 0.05) is 12.1 Å². The van der Waals surface area contributed by atoms with Crippen molar-refractivity contribution in [2.75, 3.05) is 5.32 Å². The molecule has 0 amide bonds. The van der Waals surface area contributed by atoms with Crippen LogP contribution in [0.15, 0.2) is 24.8 Å². The molecular weight excluding hydrogens is 303 g/mol. The van der Waals surface area contributed by atoms with E-state index in [1.165, 1.54) is 23.7 Å². The van der Waals surface area contributed by atoms with Crippen LogP contribution in [-0.4, -0.2) is 24.9 Å². The Bertz CT molecular complexity index is 976. The van der Waals surface area contributed by atoms with E-state index in [0.29, 0.717) is 22.4 Å². The standard InChI is InChI=1S/C14H11FN6S/c1-7-21-12-13(19-6-20-14(12)22-7)16-4-8-9(15)2-3-10-11(8)18-5-17-10/h2-3,5-6H,4H2,1H3,(H,17,18)(H,16,19,20). The Balaban J connectivity index is 1.71. The third-order valence-electron chi connectivity index (χ3n) is 3.37. The number of nitrogens with zero attached hydrogens (tertiary/aromatic N) is 4. The van der Waals surface area contributed by atoms with Gasteiger partial charge in [0.1, 0.15) is 22.5 Å². The minimum absolute atomic E-state index is 0.275. The van der Waals surface area contributed by atoms with Gasteiger partial charge in [-0.1, -0.05) is 11.3 Å². The number of H-pyrrole nitrogens is 1. The van der Waals surface area contributed by atoms with Gasteiger partial charge in [0.05, 0.1) is 22.4 Å². The van der Waals surface area contributed by atoms with E-state index in [0.717, 1.165) is 15.4 Å². The largest absolute Gasteiger partial charge is 0.364 e. The van der Waals surface area contributed by atoms with Crippen LogP contribution in [0.2, 0.25) is 0 Å². The maximum Gasteiger partial charge on any atom is 0.157 e. The molecule has 22 heavy (non-hydrogen) atoms. The fraction of sp³-hybridized carbons (Fsp3) is 0.143. The molecule has 4 rings (SSSR count). The fourth-order valence-corrected chi connectivity index (χ4v) is 3.13. The number of imidazole rings is 1. The number of anilines is 1. The van der Waals surface area contributed by atoms with Crippen molar-refractivity contribution >= 4 is 38.5 Å². The first kappa shape index (κ1) is 13.1. The van der Waals surface area contributed by atoms with Crippen molar-refractivity contribution in [2.24, 2.45) is 0 Å². The van der Waals surface area contributed by atoms with E-state index in [2.05, 4.69) is 30.2 Å². The Morgan fingerprint density at radius 3 is 3.05 bits per heavy atom. The molecule has 0 atom stereocenters.